The smallest absolute Gasteiger partial charge is 0.249 e. The summed E-state index contributed by atoms with van der Waals surface area (Å²) >= 11 is 0. The quantitative estimate of drug-likeness (QED) is 0.546. The van der Waals surface area contributed by atoms with E-state index in [0.717, 1.165) is 23.0 Å². The van der Waals surface area contributed by atoms with Gasteiger partial charge in [-0.15, -0.1) is 0 Å². The Bertz CT molecular complexity index is 965. The summed E-state index contributed by atoms with van der Waals surface area (Å²) in [6, 6.07) is 14.2. The first kappa shape index (κ1) is 20.4. The number of para-hydroxylation sites is 2. The molecule has 152 valence electrons. The van der Waals surface area contributed by atoms with E-state index >= 15 is 0 Å². The van der Waals surface area contributed by atoms with Gasteiger partial charge in [-0.3, -0.25) is 14.9 Å². The number of aromatic amines is 1. The van der Waals surface area contributed by atoms with Crippen LogP contribution in [0, 0.1) is 5.92 Å². The standard InChI is InChI=1S/C22H26N4O3/c1-4-14(2)20(25-19(27)13-15-8-7-9-16(12-15)29-3)21(28)26-22-23-17-10-5-6-11-18(17)24-22/h5-12,14,20H,4,13H2,1-3H3,(H,25,27)(H2,23,24,26,28). The summed E-state index contributed by atoms with van der Waals surface area (Å²) in [7, 11) is 1.58. The highest BCUT2D eigenvalue weighted by atomic mass is 16.5. The molecule has 0 aliphatic heterocycles. The summed E-state index contributed by atoms with van der Waals surface area (Å²) < 4.78 is 5.20. The van der Waals surface area contributed by atoms with Gasteiger partial charge >= 0.3 is 0 Å². The molecule has 7 heteroatoms. The molecule has 0 fully saturated rings. The average molecular weight is 394 g/mol. The molecule has 0 aliphatic carbocycles. The molecule has 3 rings (SSSR count). The Morgan fingerprint density at radius 2 is 1.97 bits per heavy atom. The lowest BCUT2D eigenvalue weighted by atomic mass is 9.98. The normalized spacial score (nSPS) is 12.9. The number of carbonyl (C=O) groups is 2. The Balaban J connectivity index is 1.69. The third kappa shape index (κ3) is 5.13. The van der Waals surface area contributed by atoms with Crippen LogP contribution < -0.4 is 15.4 Å². The van der Waals surface area contributed by atoms with E-state index in [1.54, 1.807) is 7.11 Å². The van der Waals surface area contributed by atoms with Crippen molar-refractivity contribution in [3.8, 4) is 5.75 Å². The van der Waals surface area contributed by atoms with Crippen molar-refractivity contribution in [2.24, 2.45) is 5.92 Å². The van der Waals surface area contributed by atoms with Crippen molar-refractivity contribution in [1.82, 2.24) is 15.3 Å². The van der Waals surface area contributed by atoms with Gasteiger partial charge in [0.05, 0.1) is 24.6 Å². The molecule has 1 aromatic heterocycles. The van der Waals surface area contributed by atoms with Crippen LogP contribution in [0.15, 0.2) is 48.5 Å². The van der Waals surface area contributed by atoms with E-state index in [1.165, 1.54) is 0 Å². The largest absolute Gasteiger partial charge is 0.497 e. The molecule has 3 N–H and O–H groups in total. The van der Waals surface area contributed by atoms with Crippen LogP contribution in [0.1, 0.15) is 25.8 Å². The summed E-state index contributed by atoms with van der Waals surface area (Å²) in [6.07, 6.45) is 0.916. The van der Waals surface area contributed by atoms with E-state index in [2.05, 4.69) is 20.6 Å². The molecule has 2 aromatic carbocycles. The second-order valence-electron chi connectivity index (χ2n) is 7.05. The Kier molecular flexibility index (Phi) is 6.49. The fourth-order valence-corrected chi connectivity index (χ4v) is 3.10. The molecule has 2 unspecified atom stereocenters. The van der Waals surface area contributed by atoms with Gasteiger partial charge in [0, 0.05) is 0 Å². The van der Waals surface area contributed by atoms with E-state index < -0.39 is 6.04 Å². The number of H-pyrrole nitrogens is 1. The predicted molar refractivity (Wildman–Crippen MR) is 113 cm³/mol. The SMILES string of the molecule is CCC(C)C(NC(=O)Cc1cccc(OC)c1)C(=O)Nc1nc2ccccc2[nH]1. The predicted octanol–water partition coefficient (Wildman–Crippen LogP) is 3.28. The molecule has 3 aromatic rings. The van der Waals surface area contributed by atoms with Crippen LogP contribution in [0.3, 0.4) is 0 Å². The van der Waals surface area contributed by atoms with Crippen molar-refractivity contribution < 1.29 is 14.3 Å². The molecule has 29 heavy (non-hydrogen) atoms. The Morgan fingerprint density at radius 3 is 2.69 bits per heavy atom. The van der Waals surface area contributed by atoms with Crippen LogP contribution in [0.4, 0.5) is 5.95 Å². The monoisotopic (exact) mass is 394 g/mol. The zero-order valence-electron chi connectivity index (χ0n) is 16.9. The van der Waals surface area contributed by atoms with E-state index in [-0.39, 0.29) is 24.2 Å². The number of fused-ring (bicyclic) bond motifs is 1. The number of rotatable bonds is 8. The van der Waals surface area contributed by atoms with Crippen LogP contribution in [-0.2, 0) is 16.0 Å². The number of methoxy groups -OCH3 is 1. The zero-order chi connectivity index (χ0) is 20.8. The van der Waals surface area contributed by atoms with Gasteiger partial charge in [-0.1, -0.05) is 44.5 Å². The summed E-state index contributed by atoms with van der Waals surface area (Å²) in [4.78, 5) is 32.9. The Hall–Kier alpha value is -3.35. The number of nitrogens with zero attached hydrogens (tertiary/aromatic N) is 1. The second-order valence-corrected chi connectivity index (χ2v) is 7.05. The molecule has 0 saturated heterocycles. The maximum Gasteiger partial charge on any atom is 0.249 e. The highest BCUT2D eigenvalue weighted by Gasteiger charge is 2.26. The summed E-state index contributed by atoms with van der Waals surface area (Å²) in [5.74, 6) is 0.511. The van der Waals surface area contributed by atoms with Gasteiger partial charge in [0.2, 0.25) is 17.8 Å². The summed E-state index contributed by atoms with van der Waals surface area (Å²) in [5, 5.41) is 5.67. The van der Waals surface area contributed by atoms with Gasteiger partial charge in [0.25, 0.3) is 0 Å². The fraction of sp³-hybridized carbons (Fsp3) is 0.318. The van der Waals surface area contributed by atoms with E-state index in [1.807, 2.05) is 62.4 Å². The Morgan fingerprint density at radius 1 is 1.17 bits per heavy atom. The van der Waals surface area contributed by atoms with Gasteiger partial charge in [-0.05, 0) is 35.7 Å². The van der Waals surface area contributed by atoms with Crippen molar-refractivity contribution in [3.63, 3.8) is 0 Å². The van der Waals surface area contributed by atoms with Crippen molar-refractivity contribution in [1.29, 1.82) is 0 Å². The molecule has 2 amide bonds. The van der Waals surface area contributed by atoms with Crippen LogP contribution in [0.2, 0.25) is 0 Å². The van der Waals surface area contributed by atoms with Crippen LogP contribution in [-0.4, -0.2) is 34.9 Å². The second kappa shape index (κ2) is 9.23. The van der Waals surface area contributed by atoms with Crippen molar-refractivity contribution in [2.75, 3.05) is 12.4 Å². The highest BCUT2D eigenvalue weighted by Crippen LogP contribution is 2.16. The minimum absolute atomic E-state index is 0.0337. The lowest BCUT2D eigenvalue weighted by Gasteiger charge is -2.23. The molecule has 2 atom stereocenters. The summed E-state index contributed by atoms with van der Waals surface area (Å²) in [5.41, 5.74) is 2.43. The first-order chi connectivity index (χ1) is 14.0. The first-order valence-electron chi connectivity index (χ1n) is 9.68. The molecule has 0 aliphatic rings. The average Bonchev–Trinajstić information content (AvgIpc) is 3.13. The lowest BCUT2D eigenvalue weighted by molar-refractivity contribution is -0.127. The van der Waals surface area contributed by atoms with E-state index in [4.69, 9.17) is 4.74 Å². The fourth-order valence-electron chi connectivity index (χ4n) is 3.10. The van der Waals surface area contributed by atoms with Crippen molar-refractivity contribution >= 4 is 28.8 Å². The maximum atomic E-state index is 12.9. The highest BCUT2D eigenvalue weighted by molar-refractivity contribution is 5.97. The van der Waals surface area contributed by atoms with Crippen LogP contribution in [0.5, 0.6) is 5.75 Å². The number of hydrogen-bond acceptors (Lipinski definition) is 4. The topological polar surface area (TPSA) is 96.1 Å². The molecule has 7 nitrogen and oxygen atoms in total. The number of ether oxygens (including phenoxy) is 1. The number of anilines is 1. The molecule has 0 saturated carbocycles. The number of hydrogen-bond donors (Lipinski definition) is 3. The number of imidazole rings is 1. The summed E-state index contributed by atoms with van der Waals surface area (Å²) in [6.45, 7) is 3.93. The molecule has 1 heterocycles. The first-order valence-corrected chi connectivity index (χ1v) is 9.68. The van der Waals surface area contributed by atoms with Gasteiger partial charge in [-0.2, -0.15) is 0 Å². The lowest BCUT2D eigenvalue weighted by Crippen LogP contribution is -2.48. The number of benzene rings is 2. The molecule has 0 spiro atoms. The van der Waals surface area contributed by atoms with E-state index in [9.17, 15) is 9.59 Å². The number of aromatic nitrogens is 2. The third-order valence-corrected chi connectivity index (χ3v) is 4.94. The van der Waals surface area contributed by atoms with Gasteiger partial charge in [0.15, 0.2) is 0 Å². The molecular formula is C22H26N4O3. The van der Waals surface area contributed by atoms with Crippen LogP contribution >= 0.6 is 0 Å². The minimum atomic E-state index is -0.661. The van der Waals surface area contributed by atoms with Crippen molar-refractivity contribution in [2.45, 2.75) is 32.7 Å². The van der Waals surface area contributed by atoms with Gasteiger partial charge in [0.1, 0.15) is 11.8 Å². The zero-order valence-corrected chi connectivity index (χ0v) is 16.9. The van der Waals surface area contributed by atoms with Gasteiger partial charge < -0.3 is 15.0 Å². The number of carbonyl (C=O) groups excluding carboxylic acids is 2. The Labute approximate surface area is 169 Å². The van der Waals surface area contributed by atoms with E-state index in [0.29, 0.717) is 11.7 Å². The molecule has 0 radical (unpaired) electrons. The molecule has 0 bridgehead atoms. The number of amides is 2. The minimum Gasteiger partial charge on any atom is -0.497 e. The van der Waals surface area contributed by atoms with Crippen LogP contribution in [0.25, 0.3) is 11.0 Å². The number of nitrogens with one attached hydrogen (secondary N) is 3. The molecular weight excluding hydrogens is 368 g/mol. The maximum absolute atomic E-state index is 12.9. The van der Waals surface area contributed by atoms with Gasteiger partial charge in [-0.25, -0.2) is 4.98 Å². The van der Waals surface area contributed by atoms with Crippen molar-refractivity contribution in [3.05, 3.63) is 54.1 Å². The third-order valence-electron chi connectivity index (χ3n) is 4.94.